The maximum Gasteiger partial charge on any atom is 1.00 e. The van der Waals surface area contributed by atoms with Crippen LogP contribution in [0.1, 0.15) is 45.4 Å². The van der Waals surface area contributed by atoms with Crippen molar-refractivity contribution in [2.24, 2.45) is 0 Å². The summed E-state index contributed by atoms with van der Waals surface area (Å²) in [6, 6.07) is 0. The van der Waals surface area contributed by atoms with Gasteiger partial charge in [-0.25, -0.2) is 0 Å². The third-order valence-corrected chi connectivity index (χ3v) is 2.29. The summed E-state index contributed by atoms with van der Waals surface area (Å²) in [5, 5.41) is 10.2. The van der Waals surface area contributed by atoms with E-state index in [1.165, 1.54) is 24.8 Å². The molecule has 4 nitrogen and oxygen atoms in total. The first-order valence-electron chi connectivity index (χ1n) is 5.51. The van der Waals surface area contributed by atoms with Gasteiger partial charge in [-0.3, -0.25) is 4.79 Å². The summed E-state index contributed by atoms with van der Waals surface area (Å²) >= 11 is 0. The quantitative estimate of drug-likeness (QED) is 0.357. The number of nitrogens with zero attached hydrogens (tertiary/aromatic N) is 1. The molecular formula is C11H20KNO3. The number of unbranched alkanes of at least 4 members (excludes halogenated alkanes) is 4. The number of aliphatic carboxylic acids is 1. The van der Waals surface area contributed by atoms with Crippen LogP contribution in [-0.2, 0) is 9.59 Å². The van der Waals surface area contributed by atoms with Gasteiger partial charge in [-0.05, 0) is 6.42 Å². The van der Waals surface area contributed by atoms with Crippen LogP contribution in [0.5, 0.6) is 0 Å². The third-order valence-electron chi connectivity index (χ3n) is 2.29. The molecule has 0 spiro atoms. The van der Waals surface area contributed by atoms with Gasteiger partial charge in [-0.15, -0.1) is 0 Å². The molecule has 0 aromatic carbocycles. The molecule has 16 heavy (non-hydrogen) atoms. The van der Waals surface area contributed by atoms with Crippen LogP contribution in [0.2, 0.25) is 0 Å². The van der Waals surface area contributed by atoms with Gasteiger partial charge < -0.3 is 14.8 Å². The van der Waals surface area contributed by atoms with Gasteiger partial charge in [0, 0.05) is 13.5 Å². The van der Waals surface area contributed by atoms with Crippen LogP contribution in [0.25, 0.3) is 0 Å². The number of amides is 1. The van der Waals surface area contributed by atoms with E-state index in [4.69, 9.17) is 0 Å². The standard InChI is InChI=1S/C11H21NO3.K/c1-3-4-5-6-7-8-10(13)12(2)9-11(14)15;/h3-9H2,1-2H3,(H,14,15);/q;+1/p-1. The van der Waals surface area contributed by atoms with E-state index in [0.717, 1.165) is 19.3 Å². The first kappa shape index (κ1) is 18.9. The first-order chi connectivity index (χ1) is 7.07. The van der Waals surface area contributed by atoms with Crippen molar-refractivity contribution in [1.82, 2.24) is 4.90 Å². The normalized spacial score (nSPS) is 9.38. The van der Waals surface area contributed by atoms with E-state index in [1.54, 1.807) is 0 Å². The summed E-state index contributed by atoms with van der Waals surface area (Å²) in [5.74, 6) is -1.33. The summed E-state index contributed by atoms with van der Waals surface area (Å²) in [5.41, 5.74) is 0. The van der Waals surface area contributed by atoms with Gasteiger partial charge >= 0.3 is 51.4 Å². The Balaban J connectivity index is 0. The van der Waals surface area contributed by atoms with Crippen LogP contribution in [0.3, 0.4) is 0 Å². The van der Waals surface area contributed by atoms with Crippen molar-refractivity contribution in [3.63, 3.8) is 0 Å². The molecular weight excluding hydrogens is 233 g/mol. The largest absolute Gasteiger partial charge is 1.00 e. The maximum absolute atomic E-state index is 11.3. The minimum atomic E-state index is -1.21. The molecule has 0 aliphatic carbocycles. The molecule has 0 aliphatic heterocycles. The monoisotopic (exact) mass is 253 g/mol. The molecule has 0 saturated carbocycles. The Morgan fingerprint density at radius 1 is 1.12 bits per heavy atom. The second-order valence-electron chi connectivity index (χ2n) is 3.79. The van der Waals surface area contributed by atoms with Crippen molar-refractivity contribution < 1.29 is 66.1 Å². The summed E-state index contributed by atoms with van der Waals surface area (Å²) in [4.78, 5) is 22.8. The van der Waals surface area contributed by atoms with Crippen LogP contribution >= 0.6 is 0 Å². The fourth-order valence-electron chi connectivity index (χ4n) is 1.35. The molecule has 0 aromatic heterocycles. The van der Waals surface area contributed by atoms with Gasteiger partial charge in [-0.2, -0.15) is 0 Å². The number of rotatable bonds is 8. The maximum atomic E-state index is 11.3. The van der Waals surface area contributed by atoms with Gasteiger partial charge in [0.25, 0.3) is 0 Å². The zero-order valence-corrected chi connectivity index (χ0v) is 13.7. The molecule has 5 heteroatoms. The van der Waals surface area contributed by atoms with E-state index in [0.29, 0.717) is 6.42 Å². The topological polar surface area (TPSA) is 60.4 Å². The minimum absolute atomic E-state index is 0. The Bertz CT molecular complexity index is 209. The number of carboxylic acid groups (broad SMARTS) is 1. The van der Waals surface area contributed by atoms with E-state index in [9.17, 15) is 14.7 Å². The Hall–Kier alpha value is 0.576. The van der Waals surface area contributed by atoms with Crippen molar-refractivity contribution in [3.05, 3.63) is 0 Å². The van der Waals surface area contributed by atoms with E-state index < -0.39 is 5.97 Å². The Morgan fingerprint density at radius 3 is 2.19 bits per heavy atom. The van der Waals surface area contributed by atoms with Crippen molar-refractivity contribution in [3.8, 4) is 0 Å². The summed E-state index contributed by atoms with van der Waals surface area (Å²) in [7, 11) is 1.49. The number of carboxylic acids is 1. The zero-order valence-electron chi connectivity index (χ0n) is 10.6. The average Bonchev–Trinajstić information content (AvgIpc) is 2.16. The molecule has 1 amide bonds. The molecule has 0 heterocycles. The molecule has 0 radical (unpaired) electrons. The zero-order chi connectivity index (χ0) is 11.7. The first-order valence-corrected chi connectivity index (χ1v) is 5.51. The van der Waals surface area contributed by atoms with Crippen LogP contribution < -0.4 is 56.5 Å². The van der Waals surface area contributed by atoms with E-state index >= 15 is 0 Å². The van der Waals surface area contributed by atoms with Gasteiger partial charge in [0.1, 0.15) is 0 Å². The Kier molecular flexibility index (Phi) is 14.2. The molecule has 0 atom stereocenters. The van der Waals surface area contributed by atoms with Gasteiger partial charge in [0.2, 0.25) is 5.91 Å². The predicted octanol–water partition coefficient (Wildman–Crippen LogP) is -2.44. The smallest absolute Gasteiger partial charge is 0.548 e. The number of hydrogen-bond donors (Lipinski definition) is 0. The predicted molar refractivity (Wildman–Crippen MR) is 56.0 cm³/mol. The molecule has 0 unspecified atom stereocenters. The summed E-state index contributed by atoms with van der Waals surface area (Å²) in [6.07, 6.45) is 5.85. The molecule has 0 fully saturated rings. The van der Waals surface area contributed by atoms with Crippen molar-refractivity contribution in [2.45, 2.75) is 45.4 Å². The number of carbonyl (C=O) groups excluding carboxylic acids is 2. The van der Waals surface area contributed by atoms with Gasteiger partial charge in [-0.1, -0.05) is 32.6 Å². The van der Waals surface area contributed by atoms with Crippen LogP contribution in [0, 0.1) is 0 Å². The molecule has 0 aromatic rings. The molecule has 88 valence electrons. The van der Waals surface area contributed by atoms with Crippen molar-refractivity contribution in [2.75, 3.05) is 13.6 Å². The second-order valence-corrected chi connectivity index (χ2v) is 3.79. The SMILES string of the molecule is CCCCCCCC(=O)N(C)CC(=O)[O-].[K+]. The van der Waals surface area contributed by atoms with Crippen LogP contribution in [0.4, 0.5) is 0 Å². The average molecular weight is 253 g/mol. The van der Waals surface area contributed by atoms with E-state index in [1.807, 2.05) is 0 Å². The van der Waals surface area contributed by atoms with E-state index in [2.05, 4.69) is 6.92 Å². The van der Waals surface area contributed by atoms with Gasteiger partial charge in [0.05, 0.1) is 12.5 Å². The molecule has 0 rings (SSSR count). The number of likely N-dealkylation sites (N-methyl/N-ethyl adjacent to an activating group) is 1. The van der Waals surface area contributed by atoms with E-state index in [-0.39, 0.29) is 63.8 Å². The third kappa shape index (κ3) is 11.1. The second kappa shape index (κ2) is 12.0. The molecule has 0 N–H and O–H groups in total. The fourth-order valence-corrected chi connectivity index (χ4v) is 1.35. The Labute approximate surface area is 140 Å². The van der Waals surface area contributed by atoms with Crippen LogP contribution in [-0.4, -0.2) is 30.4 Å². The summed E-state index contributed by atoms with van der Waals surface area (Å²) in [6.45, 7) is 1.83. The number of carbonyl (C=O) groups is 2. The summed E-state index contributed by atoms with van der Waals surface area (Å²) < 4.78 is 0. The molecule has 0 aliphatic rings. The van der Waals surface area contributed by atoms with Gasteiger partial charge in [0.15, 0.2) is 0 Å². The minimum Gasteiger partial charge on any atom is -0.548 e. The number of hydrogen-bond acceptors (Lipinski definition) is 3. The van der Waals surface area contributed by atoms with Crippen LogP contribution in [0.15, 0.2) is 0 Å². The Morgan fingerprint density at radius 2 is 1.69 bits per heavy atom. The van der Waals surface area contributed by atoms with Crippen molar-refractivity contribution >= 4 is 11.9 Å². The fraction of sp³-hybridized carbons (Fsp3) is 0.818. The van der Waals surface area contributed by atoms with Crippen molar-refractivity contribution in [1.29, 1.82) is 0 Å². The molecule has 0 bridgehead atoms. The molecule has 0 saturated heterocycles.